The topological polar surface area (TPSA) is 52.6 Å². The van der Waals surface area contributed by atoms with E-state index >= 15 is 0 Å². The van der Waals surface area contributed by atoms with E-state index in [0.717, 1.165) is 22.3 Å². The van der Waals surface area contributed by atoms with Crippen LogP contribution in [0.15, 0.2) is 60.8 Å². The number of nitrogens with one attached hydrogen (secondary N) is 1. The molecule has 3 rings (SSSR count). The summed E-state index contributed by atoms with van der Waals surface area (Å²) in [5, 5.41) is 8.75. The number of carbonyl (C=O) groups is 1. The monoisotopic (exact) mass is 320 g/mol. The van der Waals surface area contributed by atoms with Gasteiger partial charge in [-0.25, -0.2) is 0 Å². The molecule has 1 aliphatic rings. The van der Waals surface area contributed by atoms with E-state index in [1.165, 1.54) is 5.56 Å². The number of hydrogen-bond acceptors (Lipinski definition) is 3. The molecule has 2 N–H and O–H groups in total. The van der Waals surface area contributed by atoms with Gasteiger partial charge in [0.25, 0.3) is 5.91 Å². The molecule has 0 saturated carbocycles. The summed E-state index contributed by atoms with van der Waals surface area (Å²) in [6, 6.07) is 13.8. The van der Waals surface area contributed by atoms with Crippen molar-refractivity contribution in [1.29, 1.82) is 0 Å². The third-order valence-electron chi connectivity index (χ3n) is 4.13. The van der Waals surface area contributed by atoms with Crippen LogP contribution < -0.4 is 5.48 Å². The number of fused-ring (bicyclic) bond motifs is 1. The maximum atomic E-state index is 12.7. The molecule has 2 aromatic rings. The van der Waals surface area contributed by atoms with Crippen LogP contribution in [0, 0.1) is 6.92 Å². The van der Waals surface area contributed by atoms with E-state index in [0.29, 0.717) is 18.8 Å². The van der Waals surface area contributed by atoms with Gasteiger partial charge < -0.3 is 4.90 Å². The quantitative estimate of drug-likeness (QED) is 0.668. The zero-order valence-corrected chi connectivity index (χ0v) is 13.6. The highest BCUT2D eigenvalue weighted by Gasteiger charge is 2.24. The van der Waals surface area contributed by atoms with Crippen LogP contribution in [0.1, 0.15) is 32.6 Å². The van der Waals surface area contributed by atoms with Crippen molar-refractivity contribution in [1.82, 2.24) is 10.4 Å². The van der Waals surface area contributed by atoms with E-state index in [1.807, 2.05) is 59.8 Å². The minimum atomic E-state index is 0.0600. The van der Waals surface area contributed by atoms with Gasteiger partial charge in [0.2, 0.25) is 0 Å². The lowest BCUT2D eigenvalue weighted by molar-refractivity contribution is 0.0751. The highest BCUT2D eigenvalue weighted by Crippen LogP contribution is 2.26. The third-order valence-corrected chi connectivity index (χ3v) is 4.13. The lowest BCUT2D eigenvalue weighted by Gasteiger charge is -2.15. The summed E-state index contributed by atoms with van der Waals surface area (Å²) in [6.07, 6.45) is 3.57. The Kier molecular flexibility index (Phi) is 4.49. The molecule has 0 aliphatic carbocycles. The third kappa shape index (κ3) is 3.39. The second-order valence-corrected chi connectivity index (χ2v) is 6.03. The summed E-state index contributed by atoms with van der Waals surface area (Å²) in [7, 11) is 0. The van der Waals surface area contributed by atoms with Crippen LogP contribution in [0.4, 0.5) is 0 Å². The molecule has 0 saturated heterocycles. The average molecular weight is 320 g/mol. The Balaban J connectivity index is 1.76. The van der Waals surface area contributed by atoms with E-state index in [2.05, 4.69) is 12.6 Å². The van der Waals surface area contributed by atoms with Crippen molar-refractivity contribution in [2.45, 2.75) is 20.0 Å². The van der Waals surface area contributed by atoms with Gasteiger partial charge in [0.15, 0.2) is 0 Å². The smallest absolute Gasteiger partial charge is 0.254 e. The Morgan fingerprint density at radius 1 is 1.21 bits per heavy atom. The van der Waals surface area contributed by atoms with Crippen LogP contribution in [-0.4, -0.2) is 16.0 Å². The van der Waals surface area contributed by atoms with Crippen LogP contribution in [0.25, 0.3) is 6.08 Å². The molecule has 0 fully saturated rings. The standard InChI is InChI=1S/C20H20N2O2/c1-14-4-3-5-17(10-14)20(23)22-12-18-9-8-16(11-19(18)13-22)7-6-15(2)21-24/h3-11,21,24H,2,12-13H2,1H3/b7-6+. The summed E-state index contributed by atoms with van der Waals surface area (Å²) >= 11 is 0. The van der Waals surface area contributed by atoms with Crippen LogP contribution in [0.5, 0.6) is 0 Å². The van der Waals surface area contributed by atoms with E-state index in [1.54, 1.807) is 6.08 Å². The molecule has 0 unspecified atom stereocenters. The van der Waals surface area contributed by atoms with Crippen LogP contribution in [0.2, 0.25) is 0 Å². The van der Waals surface area contributed by atoms with Gasteiger partial charge in [-0.3, -0.25) is 15.5 Å². The molecule has 0 spiro atoms. The first-order chi connectivity index (χ1) is 11.6. The van der Waals surface area contributed by atoms with Crippen LogP contribution in [0.3, 0.4) is 0 Å². The highest BCUT2D eigenvalue weighted by molar-refractivity contribution is 5.94. The molecule has 4 nitrogen and oxygen atoms in total. The van der Waals surface area contributed by atoms with Crippen molar-refractivity contribution in [3.05, 3.63) is 88.6 Å². The number of nitrogens with zero attached hydrogens (tertiary/aromatic N) is 1. The first kappa shape index (κ1) is 16.0. The molecule has 0 aromatic heterocycles. The predicted octanol–water partition coefficient (Wildman–Crippen LogP) is 3.66. The molecule has 1 heterocycles. The fraction of sp³-hybridized carbons (Fsp3) is 0.150. The van der Waals surface area contributed by atoms with Crippen molar-refractivity contribution < 1.29 is 10.0 Å². The Hall–Kier alpha value is -2.85. The molecule has 0 atom stereocenters. The molecule has 1 aliphatic heterocycles. The predicted molar refractivity (Wildman–Crippen MR) is 94.3 cm³/mol. The molecule has 1 amide bonds. The number of carbonyl (C=O) groups excluding carboxylic acids is 1. The molecular formula is C20H20N2O2. The normalized spacial score (nSPS) is 13.2. The summed E-state index contributed by atoms with van der Waals surface area (Å²) in [5.74, 6) is 0.0600. The van der Waals surface area contributed by atoms with Gasteiger partial charge in [-0.15, -0.1) is 0 Å². The molecule has 2 aromatic carbocycles. The second kappa shape index (κ2) is 6.72. The molecule has 0 bridgehead atoms. The van der Waals surface area contributed by atoms with Gasteiger partial charge in [-0.05, 0) is 47.9 Å². The van der Waals surface area contributed by atoms with Gasteiger partial charge in [-0.1, -0.05) is 42.5 Å². The van der Waals surface area contributed by atoms with Gasteiger partial charge >= 0.3 is 0 Å². The molecule has 0 radical (unpaired) electrons. The first-order valence-electron chi connectivity index (χ1n) is 7.81. The highest BCUT2D eigenvalue weighted by atomic mass is 16.5. The molecule has 122 valence electrons. The zero-order valence-electron chi connectivity index (χ0n) is 13.6. The fourth-order valence-corrected chi connectivity index (χ4v) is 2.86. The molecule has 24 heavy (non-hydrogen) atoms. The van der Waals surface area contributed by atoms with E-state index in [9.17, 15) is 4.79 Å². The summed E-state index contributed by atoms with van der Waals surface area (Å²) < 4.78 is 0. The number of allylic oxidation sites excluding steroid dienone is 1. The van der Waals surface area contributed by atoms with Crippen LogP contribution >= 0.6 is 0 Å². The maximum absolute atomic E-state index is 12.7. The Morgan fingerprint density at radius 3 is 2.75 bits per heavy atom. The van der Waals surface area contributed by atoms with Crippen molar-refractivity contribution in [3.8, 4) is 0 Å². The molecular weight excluding hydrogens is 300 g/mol. The van der Waals surface area contributed by atoms with Crippen LogP contribution in [-0.2, 0) is 13.1 Å². The Labute approximate surface area is 141 Å². The number of hydroxylamine groups is 1. The Bertz CT molecular complexity index is 824. The number of rotatable bonds is 4. The minimum Gasteiger partial charge on any atom is -0.330 e. The first-order valence-corrected chi connectivity index (χ1v) is 7.81. The number of aryl methyl sites for hydroxylation is 1. The summed E-state index contributed by atoms with van der Waals surface area (Å²) in [6.45, 7) is 6.88. The van der Waals surface area contributed by atoms with Crippen molar-refractivity contribution in [2.24, 2.45) is 0 Å². The largest absolute Gasteiger partial charge is 0.330 e. The van der Waals surface area contributed by atoms with E-state index in [4.69, 9.17) is 5.21 Å². The minimum absolute atomic E-state index is 0.0600. The SMILES string of the molecule is C=C(/C=C/c1ccc2c(c1)CN(C(=O)c1cccc(C)c1)C2)NO. The maximum Gasteiger partial charge on any atom is 0.254 e. The average Bonchev–Trinajstić information content (AvgIpc) is 3.02. The van der Waals surface area contributed by atoms with Crippen molar-refractivity contribution in [2.75, 3.05) is 0 Å². The lowest BCUT2D eigenvalue weighted by Crippen LogP contribution is -2.25. The van der Waals surface area contributed by atoms with Gasteiger partial charge in [0, 0.05) is 18.7 Å². The van der Waals surface area contributed by atoms with E-state index in [-0.39, 0.29) is 5.91 Å². The number of benzene rings is 2. The fourth-order valence-electron chi connectivity index (χ4n) is 2.86. The summed E-state index contributed by atoms with van der Waals surface area (Å²) in [4.78, 5) is 14.5. The lowest BCUT2D eigenvalue weighted by atomic mass is 10.1. The zero-order chi connectivity index (χ0) is 17.1. The van der Waals surface area contributed by atoms with Gasteiger partial charge in [0.1, 0.15) is 0 Å². The second-order valence-electron chi connectivity index (χ2n) is 6.03. The van der Waals surface area contributed by atoms with Gasteiger partial charge in [0.05, 0.1) is 5.70 Å². The molecule has 4 heteroatoms. The van der Waals surface area contributed by atoms with Crippen molar-refractivity contribution in [3.63, 3.8) is 0 Å². The van der Waals surface area contributed by atoms with E-state index < -0.39 is 0 Å². The summed E-state index contributed by atoms with van der Waals surface area (Å²) in [5.41, 5.74) is 7.57. The Morgan fingerprint density at radius 2 is 2.00 bits per heavy atom. The van der Waals surface area contributed by atoms with Crippen molar-refractivity contribution >= 4 is 12.0 Å². The number of hydrogen-bond donors (Lipinski definition) is 2. The van der Waals surface area contributed by atoms with Gasteiger partial charge in [-0.2, -0.15) is 0 Å². The number of amides is 1.